The number of rotatable bonds is 2. The molecule has 0 unspecified atom stereocenters. The van der Waals surface area contributed by atoms with Gasteiger partial charge in [-0.1, -0.05) is 0 Å². The second-order valence-electron chi connectivity index (χ2n) is 3.17. The summed E-state index contributed by atoms with van der Waals surface area (Å²) in [5.41, 5.74) is 1.58. The highest BCUT2D eigenvalue weighted by Gasteiger charge is 2.25. The van der Waals surface area contributed by atoms with E-state index >= 15 is 0 Å². The van der Waals surface area contributed by atoms with Crippen LogP contribution in [0.15, 0.2) is 12.1 Å². The van der Waals surface area contributed by atoms with E-state index in [1.807, 2.05) is 12.1 Å². The van der Waals surface area contributed by atoms with Gasteiger partial charge in [-0.2, -0.15) is 5.26 Å². The van der Waals surface area contributed by atoms with Crippen LogP contribution >= 0.6 is 0 Å². The Hall–Kier alpha value is -1.69. The Morgan fingerprint density at radius 2 is 2.31 bits per heavy atom. The molecule has 0 spiro atoms. The van der Waals surface area contributed by atoms with Gasteiger partial charge in [-0.3, -0.25) is 4.79 Å². The third kappa shape index (κ3) is 1.43. The van der Waals surface area contributed by atoms with Gasteiger partial charge in [0.15, 0.2) is 6.29 Å². The van der Waals surface area contributed by atoms with Crippen molar-refractivity contribution in [2.24, 2.45) is 0 Å². The quantitative estimate of drug-likeness (QED) is 0.637. The molecule has 0 bridgehead atoms. The van der Waals surface area contributed by atoms with E-state index in [9.17, 15) is 4.79 Å². The molecule has 0 radical (unpaired) electrons. The molecule has 0 N–H and O–H groups in total. The first-order valence-electron chi connectivity index (χ1n) is 4.21. The molecule has 1 saturated carbocycles. The van der Waals surface area contributed by atoms with E-state index in [-0.39, 0.29) is 5.69 Å². The van der Waals surface area contributed by atoms with Crippen LogP contribution in [-0.4, -0.2) is 11.3 Å². The molecule has 1 aliphatic carbocycles. The predicted molar refractivity (Wildman–Crippen MR) is 46.3 cm³/mol. The summed E-state index contributed by atoms with van der Waals surface area (Å²) in [6.07, 6.45) is 2.94. The average molecular weight is 172 g/mol. The normalized spacial score (nSPS) is 15.0. The Balaban J connectivity index is 2.44. The molecule has 0 amide bonds. The van der Waals surface area contributed by atoms with Crippen LogP contribution in [0.25, 0.3) is 0 Å². The number of hydrogen-bond acceptors (Lipinski definition) is 3. The molecule has 1 aliphatic rings. The van der Waals surface area contributed by atoms with Crippen LogP contribution in [0, 0.1) is 11.3 Å². The van der Waals surface area contributed by atoms with Gasteiger partial charge in [-0.15, -0.1) is 0 Å². The molecule has 0 saturated heterocycles. The lowest BCUT2D eigenvalue weighted by Gasteiger charge is -1.98. The van der Waals surface area contributed by atoms with Crippen molar-refractivity contribution >= 4 is 6.29 Å². The fourth-order valence-corrected chi connectivity index (χ4v) is 1.28. The highest BCUT2D eigenvalue weighted by atomic mass is 16.1. The zero-order chi connectivity index (χ0) is 9.26. The average Bonchev–Trinajstić information content (AvgIpc) is 3.00. The van der Waals surface area contributed by atoms with Crippen LogP contribution in [0.1, 0.15) is 40.5 Å². The molecule has 1 aromatic heterocycles. The number of carbonyl (C=O) groups is 1. The van der Waals surface area contributed by atoms with E-state index in [1.165, 1.54) is 0 Å². The number of aromatic nitrogens is 1. The summed E-state index contributed by atoms with van der Waals surface area (Å²) in [6.45, 7) is 0. The Labute approximate surface area is 76.0 Å². The van der Waals surface area contributed by atoms with E-state index in [0.717, 1.165) is 18.5 Å². The van der Waals surface area contributed by atoms with Crippen LogP contribution in [0.4, 0.5) is 0 Å². The summed E-state index contributed by atoms with van der Waals surface area (Å²) in [5, 5.41) is 8.65. The van der Waals surface area contributed by atoms with Gasteiger partial charge in [-0.05, 0) is 25.0 Å². The molecule has 1 aromatic rings. The van der Waals surface area contributed by atoms with Crippen LogP contribution < -0.4 is 0 Å². The van der Waals surface area contributed by atoms with Crippen molar-refractivity contribution in [1.82, 2.24) is 4.98 Å². The van der Waals surface area contributed by atoms with Crippen molar-refractivity contribution in [3.05, 3.63) is 29.1 Å². The molecule has 0 atom stereocenters. The highest BCUT2D eigenvalue weighted by Crippen LogP contribution is 2.38. The lowest BCUT2D eigenvalue weighted by molar-refractivity contribution is 0.111. The van der Waals surface area contributed by atoms with Crippen molar-refractivity contribution in [3.63, 3.8) is 0 Å². The number of carbonyl (C=O) groups excluding carboxylic acids is 1. The molecule has 0 aromatic carbocycles. The minimum Gasteiger partial charge on any atom is -0.296 e. The van der Waals surface area contributed by atoms with Gasteiger partial charge in [0.25, 0.3) is 0 Å². The van der Waals surface area contributed by atoms with Gasteiger partial charge in [0.05, 0.1) is 5.56 Å². The van der Waals surface area contributed by atoms with E-state index in [2.05, 4.69) is 4.98 Å². The molecule has 13 heavy (non-hydrogen) atoms. The van der Waals surface area contributed by atoms with E-state index < -0.39 is 0 Å². The largest absolute Gasteiger partial charge is 0.296 e. The maximum atomic E-state index is 10.6. The summed E-state index contributed by atoms with van der Waals surface area (Å²) >= 11 is 0. The van der Waals surface area contributed by atoms with E-state index in [1.54, 1.807) is 6.07 Å². The standard InChI is InChI=1S/C10H8N2O/c11-5-8-3-4-9(7-1-2-7)12-10(8)6-13/h3-4,6-7H,1-2H2. The lowest BCUT2D eigenvalue weighted by atomic mass is 10.1. The van der Waals surface area contributed by atoms with Gasteiger partial charge in [0, 0.05) is 11.6 Å². The summed E-state index contributed by atoms with van der Waals surface area (Å²) in [4.78, 5) is 14.7. The van der Waals surface area contributed by atoms with Crippen LogP contribution in [0.2, 0.25) is 0 Å². The molecule has 3 heteroatoms. The van der Waals surface area contributed by atoms with Gasteiger partial charge < -0.3 is 0 Å². The molecule has 1 heterocycles. The van der Waals surface area contributed by atoms with Crippen LogP contribution in [-0.2, 0) is 0 Å². The second-order valence-corrected chi connectivity index (χ2v) is 3.17. The van der Waals surface area contributed by atoms with E-state index in [0.29, 0.717) is 17.8 Å². The SMILES string of the molecule is N#Cc1ccc(C2CC2)nc1C=O. The van der Waals surface area contributed by atoms with Gasteiger partial charge in [0.2, 0.25) is 0 Å². The Morgan fingerprint density at radius 3 is 2.85 bits per heavy atom. The van der Waals surface area contributed by atoms with Gasteiger partial charge in [0.1, 0.15) is 11.8 Å². The Morgan fingerprint density at radius 1 is 1.54 bits per heavy atom. The Kier molecular flexibility index (Phi) is 1.82. The van der Waals surface area contributed by atoms with Crippen molar-refractivity contribution in [3.8, 4) is 6.07 Å². The van der Waals surface area contributed by atoms with Crippen molar-refractivity contribution in [2.45, 2.75) is 18.8 Å². The number of nitriles is 1. The monoisotopic (exact) mass is 172 g/mol. The van der Waals surface area contributed by atoms with Crippen molar-refractivity contribution in [2.75, 3.05) is 0 Å². The fraction of sp³-hybridized carbons (Fsp3) is 0.300. The first-order valence-corrected chi connectivity index (χ1v) is 4.21. The topological polar surface area (TPSA) is 53.8 Å². The smallest absolute Gasteiger partial charge is 0.169 e. The first kappa shape index (κ1) is 7.93. The Bertz CT molecular complexity index is 388. The van der Waals surface area contributed by atoms with Crippen LogP contribution in [0.3, 0.4) is 0 Å². The lowest BCUT2D eigenvalue weighted by Crippen LogP contribution is -1.96. The zero-order valence-electron chi connectivity index (χ0n) is 7.03. The molecule has 2 rings (SSSR count). The molecule has 64 valence electrons. The molecular weight excluding hydrogens is 164 g/mol. The summed E-state index contributed by atoms with van der Waals surface area (Å²) in [7, 11) is 0. The summed E-state index contributed by atoms with van der Waals surface area (Å²) < 4.78 is 0. The summed E-state index contributed by atoms with van der Waals surface area (Å²) in [6, 6.07) is 5.45. The third-order valence-corrected chi connectivity index (χ3v) is 2.17. The molecule has 3 nitrogen and oxygen atoms in total. The van der Waals surface area contributed by atoms with Gasteiger partial charge >= 0.3 is 0 Å². The summed E-state index contributed by atoms with van der Waals surface area (Å²) in [5.74, 6) is 0.520. The number of hydrogen-bond donors (Lipinski definition) is 0. The van der Waals surface area contributed by atoms with E-state index in [4.69, 9.17) is 5.26 Å². The highest BCUT2D eigenvalue weighted by molar-refractivity contribution is 5.76. The maximum Gasteiger partial charge on any atom is 0.169 e. The molecule has 0 aliphatic heterocycles. The number of pyridine rings is 1. The zero-order valence-corrected chi connectivity index (χ0v) is 7.03. The maximum absolute atomic E-state index is 10.6. The number of nitrogens with zero attached hydrogens (tertiary/aromatic N) is 2. The minimum atomic E-state index is 0.270. The minimum absolute atomic E-state index is 0.270. The van der Waals surface area contributed by atoms with Crippen molar-refractivity contribution < 1.29 is 4.79 Å². The second kappa shape index (κ2) is 2.98. The van der Waals surface area contributed by atoms with Crippen molar-refractivity contribution in [1.29, 1.82) is 5.26 Å². The molecular formula is C10H8N2O. The number of aldehydes is 1. The third-order valence-electron chi connectivity index (χ3n) is 2.17. The van der Waals surface area contributed by atoms with Gasteiger partial charge in [-0.25, -0.2) is 4.98 Å². The fourth-order valence-electron chi connectivity index (χ4n) is 1.28. The predicted octanol–water partition coefficient (Wildman–Crippen LogP) is 1.64. The first-order chi connectivity index (χ1) is 6.35. The van der Waals surface area contributed by atoms with Crippen LogP contribution in [0.5, 0.6) is 0 Å². The molecule has 1 fully saturated rings.